The van der Waals surface area contributed by atoms with Gasteiger partial charge >= 0.3 is 0 Å². The lowest BCUT2D eigenvalue weighted by Crippen LogP contribution is -2.32. The smallest absolute Gasteiger partial charge is 0.132 e. The quantitative estimate of drug-likeness (QED) is 0.166. The van der Waals surface area contributed by atoms with Crippen LogP contribution in [0.5, 0.6) is 11.5 Å². The largest absolute Gasteiger partial charge is 0.457 e. The Bertz CT molecular complexity index is 3490. The van der Waals surface area contributed by atoms with Gasteiger partial charge < -0.3 is 14.2 Å². The number of nitrogens with zero attached hydrogens (tertiary/aromatic N) is 2. The van der Waals surface area contributed by atoms with Gasteiger partial charge in [-0.3, -0.25) is 0 Å². The molecule has 3 nitrogen and oxygen atoms in total. The van der Waals surface area contributed by atoms with Crippen LogP contribution in [0.25, 0.3) is 60.9 Å². The first-order valence-electron chi connectivity index (χ1n) is 22.0. The summed E-state index contributed by atoms with van der Waals surface area (Å²) in [5.74, 6) is 1.75. The third-order valence-corrected chi connectivity index (χ3v) is 13.5. The van der Waals surface area contributed by atoms with Gasteiger partial charge in [-0.25, -0.2) is 0 Å². The van der Waals surface area contributed by atoms with Crippen molar-refractivity contribution in [1.29, 1.82) is 0 Å². The van der Waals surface area contributed by atoms with E-state index < -0.39 is 5.41 Å². The van der Waals surface area contributed by atoms with Crippen molar-refractivity contribution >= 4 is 38.9 Å². The molecule has 11 aromatic rings. The van der Waals surface area contributed by atoms with Gasteiger partial charge in [0.25, 0.3) is 0 Å². The molecule has 10 aromatic carbocycles. The Morgan fingerprint density at radius 2 is 0.859 bits per heavy atom. The monoisotopic (exact) mass is 816 g/mol. The van der Waals surface area contributed by atoms with Crippen molar-refractivity contribution in [2.75, 3.05) is 4.90 Å². The topological polar surface area (TPSA) is 17.4 Å². The minimum atomic E-state index is -0.651. The molecule has 0 amide bonds. The van der Waals surface area contributed by atoms with Crippen molar-refractivity contribution in [2.45, 2.75) is 5.41 Å². The van der Waals surface area contributed by atoms with Gasteiger partial charge in [0.05, 0.1) is 22.1 Å². The van der Waals surface area contributed by atoms with Crippen LogP contribution in [-0.4, -0.2) is 4.57 Å². The maximum absolute atomic E-state index is 6.77. The molecule has 1 aliphatic carbocycles. The highest BCUT2D eigenvalue weighted by Crippen LogP contribution is 2.63. The third kappa shape index (κ3) is 5.34. The lowest BCUT2D eigenvalue weighted by Gasteiger charge is -2.40. The first-order chi connectivity index (χ1) is 31.8. The van der Waals surface area contributed by atoms with Crippen LogP contribution in [0.2, 0.25) is 0 Å². The summed E-state index contributed by atoms with van der Waals surface area (Å²) in [7, 11) is 0. The fourth-order valence-electron chi connectivity index (χ4n) is 10.7. The van der Waals surface area contributed by atoms with E-state index in [1.807, 2.05) is 0 Å². The Hall–Kier alpha value is -8.40. The molecule has 1 aliphatic heterocycles. The van der Waals surface area contributed by atoms with Gasteiger partial charge in [-0.2, -0.15) is 0 Å². The molecule has 2 aliphatic rings. The predicted molar refractivity (Wildman–Crippen MR) is 264 cm³/mol. The SMILES string of the molecule is c1ccc(-c2ccc3c(c2)C2(c4ccccc4Oc4ccccc42)c2cc(N(c4ccc(-n5c6ccccc6c6ccccc65)cc4)c4ccccc4-c4ccccc4)ccc2-3)cc1. The zero-order valence-corrected chi connectivity index (χ0v) is 34.9. The Morgan fingerprint density at radius 3 is 1.53 bits per heavy atom. The molecule has 0 saturated heterocycles. The van der Waals surface area contributed by atoms with Crippen LogP contribution in [0.1, 0.15) is 22.3 Å². The van der Waals surface area contributed by atoms with Crippen LogP contribution >= 0.6 is 0 Å². The number of hydrogen-bond acceptors (Lipinski definition) is 2. The van der Waals surface area contributed by atoms with Crippen LogP contribution in [-0.2, 0) is 5.41 Å². The van der Waals surface area contributed by atoms with Crippen LogP contribution in [0.15, 0.2) is 243 Å². The van der Waals surface area contributed by atoms with Gasteiger partial charge in [-0.1, -0.05) is 170 Å². The van der Waals surface area contributed by atoms with E-state index in [0.717, 1.165) is 56.5 Å². The second-order valence-electron chi connectivity index (χ2n) is 16.8. The number of fused-ring (bicyclic) bond motifs is 12. The fraction of sp³-hybridized carbons (Fsp3) is 0.0164. The van der Waals surface area contributed by atoms with E-state index in [0.29, 0.717) is 0 Å². The highest BCUT2D eigenvalue weighted by molar-refractivity contribution is 6.09. The molecule has 1 spiro atoms. The summed E-state index contributed by atoms with van der Waals surface area (Å²) in [6, 6.07) is 88.2. The van der Waals surface area contributed by atoms with Gasteiger partial charge in [0.2, 0.25) is 0 Å². The molecular weight excluding hydrogens is 777 g/mol. The summed E-state index contributed by atoms with van der Waals surface area (Å²) in [6.07, 6.45) is 0. The van der Waals surface area contributed by atoms with Gasteiger partial charge in [-0.05, 0) is 112 Å². The van der Waals surface area contributed by atoms with Crippen LogP contribution in [0.4, 0.5) is 17.1 Å². The summed E-state index contributed by atoms with van der Waals surface area (Å²) in [5, 5.41) is 2.50. The summed E-state index contributed by atoms with van der Waals surface area (Å²) < 4.78 is 9.16. The first-order valence-corrected chi connectivity index (χ1v) is 22.0. The molecule has 64 heavy (non-hydrogen) atoms. The number of para-hydroxylation sites is 5. The minimum absolute atomic E-state index is 0.651. The number of anilines is 3. The molecule has 3 heteroatoms. The normalized spacial score (nSPS) is 12.9. The standard InChI is InChI=1S/C61H40N2O/c1-3-17-41(18-4-1)43-31-37-48-49-38-36-46(40-55(49)61(54(48)39-43)52-24-10-15-29-59(52)64-60-30-16-11-25-53(60)61)62(56-26-12-7-21-47(56)42-19-5-2-6-20-42)44-32-34-45(35-33-44)63-57-27-13-8-22-50(57)51-23-9-14-28-58(51)63/h1-40H. The van der Waals surface area contributed by atoms with E-state index in [1.54, 1.807) is 0 Å². The zero-order valence-electron chi connectivity index (χ0n) is 34.9. The van der Waals surface area contributed by atoms with Crippen molar-refractivity contribution in [3.8, 4) is 50.6 Å². The number of hydrogen-bond donors (Lipinski definition) is 0. The van der Waals surface area contributed by atoms with Crippen LogP contribution in [0, 0.1) is 0 Å². The third-order valence-electron chi connectivity index (χ3n) is 13.5. The number of benzene rings is 10. The van der Waals surface area contributed by atoms with E-state index in [1.165, 1.54) is 55.2 Å². The molecule has 13 rings (SSSR count). The van der Waals surface area contributed by atoms with Gasteiger partial charge in [-0.15, -0.1) is 0 Å². The summed E-state index contributed by atoms with van der Waals surface area (Å²) >= 11 is 0. The van der Waals surface area contributed by atoms with E-state index in [9.17, 15) is 0 Å². The van der Waals surface area contributed by atoms with E-state index in [-0.39, 0.29) is 0 Å². The van der Waals surface area contributed by atoms with Crippen molar-refractivity contribution in [1.82, 2.24) is 4.57 Å². The summed E-state index contributed by atoms with van der Waals surface area (Å²) in [4.78, 5) is 2.45. The maximum Gasteiger partial charge on any atom is 0.132 e. The summed E-state index contributed by atoms with van der Waals surface area (Å²) in [6.45, 7) is 0. The molecule has 0 saturated carbocycles. The number of aromatic nitrogens is 1. The lowest BCUT2D eigenvalue weighted by molar-refractivity contribution is 0.436. The zero-order chi connectivity index (χ0) is 42.2. The second kappa shape index (κ2) is 14.3. The molecule has 2 heterocycles. The van der Waals surface area contributed by atoms with E-state index in [2.05, 4.69) is 252 Å². The Kier molecular flexibility index (Phi) is 8.13. The Balaban J connectivity index is 1.06. The average Bonchev–Trinajstić information content (AvgIpc) is 3.85. The van der Waals surface area contributed by atoms with Crippen molar-refractivity contribution in [3.05, 3.63) is 265 Å². The maximum atomic E-state index is 6.77. The molecule has 1 aromatic heterocycles. The molecule has 0 bridgehead atoms. The molecule has 0 unspecified atom stereocenters. The van der Waals surface area contributed by atoms with Crippen LogP contribution in [0.3, 0.4) is 0 Å². The Morgan fingerprint density at radius 1 is 0.344 bits per heavy atom. The second-order valence-corrected chi connectivity index (χ2v) is 16.8. The average molecular weight is 817 g/mol. The molecule has 0 N–H and O–H groups in total. The number of ether oxygens (including phenoxy) is 1. The Labute approximate surface area is 372 Å². The minimum Gasteiger partial charge on any atom is -0.457 e. The van der Waals surface area contributed by atoms with Crippen molar-refractivity contribution in [3.63, 3.8) is 0 Å². The molecule has 0 atom stereocenters. The van der Waals surface area contributed by atoms with E-state index in [4.69, 9.17) is 4.74 Å². The fourth-order valence-corrected chi connectivity index (χ4v) is 10.7. The summed E-state index contributed by atoms with van der Waals surface area (Å²) in [5.41, 5.74) is 18.0. The van der Waals surface area contributed by atoms with Gasteiger partial charge in [0.15, 0.2) is 0 Å². The van der Waals surface area contributed by atoms with Crippen molar-refractivity contribution < 1.29 is 4.74 Å². The van der Waals surface area contributed by atoms with Gasteiger partial charge in [0.1, 0.15) is 11.5 Å². The predicted octanol–water partition coefficient (Wildman–Crippen LogP) is 16.1. The highest BCUT2D eigenvalue weighted by Gasteiger charge is 2.51. The van der Waals surface area contributed by atoms with Crippen molar-refractivity contribution in [2.24, 2.45) is 0 Å². The molecule has 0 radical (unpaired) electrons. The lowest BCUT2D eigenvalue weighted by atomic mass is 9.66. The van der Waals surface area contributed by atoms with Gasteiger partial charge in [0, 0.05) is 44.5 Å². The highest BCUT2D eigenvalue weighted by atomic mass is 16.5. The van der Waals surface area contributed by atoms with E-state index >= 15 is 0 Å². The van der Waals surface area contributed by atoms with Crippen LogP contribution < -0.4 is 9.64 Å². The number of rotatable bonds is 6. The molecule has 300 valence electrons. The molecular formula is C61H40N2O. The first kappa shape index (κ1) is 36.3. The molecule has 0 fully saturated rings.